The van der Waals surface area contributed by atoms with Gasteiger partial charge in [0.05, 0.1) is 6.42 Å². The molecule has 0 aliphatic carbocycles. The van der Waals surface area contributed by atoms with Crippen LogP contribution in [0.4, 0.5) is 0 Å². The number of amides is 1. The van der Waals surface area contributed by atoms with E-state index in [1.165, 1.54) is 12.8 Å². The lowest BCUT2D eigenvalue weighted by Crippen LogP contribution is -2.60. The van der Waals surface area contributed by atoms with Gasteiger partial charge in [-0.25, -0.2) is 0 Å². The van der Waals surface area contributed by atoms with E-state index in [9.17, 15) is 9.59 Å². The van der Waals surface area contributed by atoms with Gasteiger partial charge in [-0.05, 0) is 25.8 Å². The van der Waals surface area contributed by atoms with Crippen molar-refractivity contribution in [1.82, 2.24) is 15.1 Å². The molecule has 0 saturated carbocycles. The summed E-state index contributed by atoms with van der Waals surface area (Å²) in [6.45, 7) is 3.66. The van der Waals surface area contributed by atoms with Crippen LogP contribution in [0.5, 0.6) is 0 Å². The van der Waals surface area contributed by atoms with Crippen molar-refractivity contribution in [2.24, 2.45) is 0 Å². The molecule has 19 heavy (non-hydrogen) atoms. The highest BCUT2D eigenvalue weighted by atomic mass is 16.4. The van der Waals surface area contributed by atoms with Crippen LogP contribution in [0.3, 0.4) is 0 Å². The van der Waals surface area contributed by atoms with Crippen LogP contribution in [0, 0.1) is 0 Å². The van der Waals surface area contributed by atoms with Crippen molar-refractivity contribution in [3.63, 3.8) is 0 Å². The summed E-state index contributed by atoms with van der Waals surface area (Å²) in [5, 5.41) is 11.8. The molecular weight excluding hydrogens is 246 g/mol. The Balaban J connectivity index is 1.76. The van der Waals surface area contributed by atoms with Crippen LogP contribution in [-0.4, -0.2) is 71.1 Å². The molecule has 0 aromatic rings. The smallest absolute Gasteiger partial charge is 0.305 e. The first-order valence-electron chi connectivity index (χ1n) is 7.16. The summed E-state index contributed by atoms with van der Waals surface area (Å²) in [5.74, 6) is -1.02. The van der Waals surface area contributed by atoms with Crippen molar-refractivity contribution < 1.29 is 14.7 Å². The number of aliphatic carboxylic acids is 1. The summed E-state index contributed by atoms with van der Waals surface area (Å²) in [6.07, 6.45) is 3.39. The minimum Gasteiger partial charge on any atom is -0.481 e. The molecule has 3 saturated heterocycles. The van der Waals surface area contributed by atoms with E-state index in [-0.39, 0.29) is 12.3 Å². The molecule has 6 nitrogen and oxygen atoms in total. The molecule has 0 spiro atoms. The molecule has 3 aliphatic heterocycles. The first kappa shape index (κ1) is 12.9. The van der Waals surface area contributed by atoms with Gasteiger partial charge in [0.2, 0.25) is 5.91 Å². The summed E-state index contributed by atoms with van der Waals surface area (Å²) >= 11 is 0. The molecule has 0 bridgehead atoms. The molecule has 1 amide bonds. The number of rotatable bonds is 3. The maximum Gasteiger partial charge on any atom is 0.305 e. The van der Waals surface area contributed by atoms with Crippen LogP contribution < -0.4 is 5.32 Å². The van der Waals surface area contributed by atoms with Crippen molar-refractivity contribution in [2.45, 2.75) is 43.8 Å². The van der Waals surface area contributed by atoms with Gasteiger partial charge in [-0.2, -0.15) is 0 Å². The van der Waals surface area contributed by atoms with Crippen molar-refractivity contribution in [3.8, 4) is 0 Å². The lowest BCUT2D eigenvalue weighted by molar-refractivity contribution is -0.144. The maximum atomic E-state index is 12.0. The second-order valence-corrected chi connectivity index (χ2v) is 5.74. The van der Waals surface area contributed by atoms with E-state index in [0.29, 0.717) is 18.6 Å². The minimum absolute atomic E-state index is 0.0882. The number of hydrogen-bond acceptors (Lipinski definition) is 4. The molecule has 0 radical (unpaired) electrons. The van der Waals surface area contributed by atoms with E-state index in [4.69, 9.17) is 5.11 Å². The molecule has 3 unspecified atom stereocenters. The normalized spacial score (nSPS) is 36.2. The van der Waals surface area contributed by atoms with E-state index < -0.39 is 12.0 Å². The average molecular weight is 267 g/mol. The summed E-state index contributed by atoms with van der Waals surface area (Å²) < 4.78 is 0. The molecule has 3 atom stereocenters. The Hall–Kier alpha value is -1.14. The highest BCUT2D eigenvalue weighted by Crippen LogP contribution is 2.33. The summed E-state index contributed by atoms with van der Waals surface area (Å²) in [7, 11) is 0. The molecular formula is C13H21N3O3. The minimum atomic E-state index is -0.895. The zero-order valence-corrected chi connectivity index (χ0v) is 11.0. The molecule has 3 heterocycles. The van der Waals surface area contributed by atoms with Gasteiger partial charge in [0.25, 0.3) is 0 Å². The number of carboxylic acid groups (broad SMARTS) is 1. The lowest BCUT2D eigenvalue weighted by atomic mass is 9.99. The quantitative estimate of drug-likeness (QED) is 0.721. The van der Waals surface area contributed by atoms with Gasteiger partial charge in [-0.3, -0.25) is 19.4 Å². The van der Waals surface area contributed by atoms with Gasteiger partial charge in [-0.15, -0.1) is 0 Å². The standard InChI is InChI=1S/C13H21N3O3/c17-12(18)8-11-13(19)14-4-7-16(11)10-3-6-15-5-1-2-9(10)15/h9-11H,1-8H2,(H,14,19)(H,17,18). The lowest BCUT2D eigenvalue weighted by Gasteiger charge is -2.40. The summed E-state index contributed by atoms with van der Waals surface area (Å²) in [6, 6.07) is 0.400. The third-order valence-corrected chi connectivity index (χ3v) is 4.74. The molecule has 0 aromatic heterocycles. The molecule has 2 N–H and O–H groups in total. The third-order valence-electron chi connectivity index (χ3n) is 4.74. The Labute approximate surface area is 112 Å². The Morgan fingerprint density at radius 1 is 1.26 bits per heavy atom. The van der Waals surface area contributed by atoms with E-state index >= 15 is 0 Å². The Morgan fingerprint density at radius 2 is 2.11 bits per heavy atom. The van der Waals surface area contributed by atoms with E-state index in [0.717, 1.165) is 26.1 Å². The number of piperazine rings is 1. The van der Waals surface area contributed by atoms with Crippen LogP contribution in [0.15, 0.2) is 0 Å². The number of carbonyl (C=O) groups is 2. The van der Waals surface area contributed by atoms with E-state index in [1.807, 2.05) is 0 Å². The van der Waals surface area contributed by atoms with Gasteiger partial charge >= 0.3 is 5.97 Å². The molecule has 106 valence electrons. The molecule has 3 fully saturated rings. The fraction of sp³-hybridized carbons (Fsp3) is 0.846. The second-order valence-electron chi connectivity index (χ2n) is 5.74. The zero-order chi connectivity index (χ0) is 13.4. The van der Waals surface area contributed by atoms with Gasteiger partial charge < -0.3 is 10.4 Å². The molecule has 0 aromatic carbocycles. The van der Waals surface area contributed by atoms with Crippen LogP contribution >= 0.6 is 0 Å². The fourth-order valence-corrected chi connectivity index (χ4v) is 3.95. The van der Waals surface area contributed by atoms with E-state index in [2.05, 4.69) is 15.1 Å². The summed E-state index contributed by atoms with van der Waals surface area (Å²) in [4.78, 5) is 27.6. The number of carbonyl (C=O) groups excluding carboxylic acids is 1. The van der Waals surface area contributed by atoms with Crippen molar-refractivity contribution in [1.29, 1.82) is 0 Å². The van der Waals surface area contributed by atoms with Gasteiger partial charge in [-0.1, -0.05) is 0 Å². The number of nitrogens with zero attached hydrogens (tertiary/aromatic N) is 2. The monoisotopic (exact) mass is 267 g/mol. The third kappa shape index (κ3) is 2.34. The fourth-order valence-electron chi connectivity index (χ4n) is 3.95. The number of fused-ring (bicyclic) bond motifs is 1. The van der Waals surface area contributed by atoms with Crippen molar-refractivity contribution >= 4 is 11.9 Å². The largest absolute Gasteiger partial charge is 0.481 e. The number of carboxylic acids is 1. The van der Waals surface area contributed by atoms with Crippen molar-refractivity contribution in [2.75, 3.05) is 26.2 Å². The highest BCUT2D eigenvalue weighted by molar-refractivity contribution is 5.86. The van der Waals surface area contributed by atoms with Crippen LogP contribution in [0.25, 0.3) is 0 Å². The SMILES string of the molecule is O=C(O)CC1C(=O)NCCN1C1CCN2CCCC12. The topological polar surface area (TPSA) is 72.9 Å². The predicted molar refractivity (Wildman–Crippen MR) is 68.8 cm³/mol. The first-order valence-corrected chi connectivity index (χ1v) is 7.16. The van der Waals surface area contributed by atoms with Gasteiger partial charge in [0.1, 0.15) is 6.04 Å². The highest BCUT2D eigenvalue weighted by Gasteiger charge is 2.44. The number of nitrogens with one attached hydrogen (secondary N) is 1. The Morgan fingerprint density at radius 3 is 2.89 bits per heavy atom. The average Bonchev–Trinajstić information content (AvgIpc) is 2.93. The Kier molecular flexibility index (Phi) is 3.45. The number of hydrogen-bond donors (Lipinski definition) is 2. The molecule has 6 heteroatoms. The van der Waals surface area contributed by atoms with E-state index in [1.54, 1.807) is 0 Å². The van der Waals surface area contributed by atoms with Gasteiger partial charge in [0, 0.05) is 31.7 Å². The molecule has 3 rings (SSSR count). The first-order chi connectivity index (χ1) is 9.16. The van der Waals surface area contributed by atoms with Crippen LogP contribution in [-0.2, 0) is 9.59 Å². The summed E-state index contributed by atoms with van der Waals surface area (Å²) in [5.41, 5.74) is 0. The van der Waals surface area contributed by atoms with Crippen LogP contribution in [0.2, 0.25) is 0 Å². The van der Waals surface area contributed by atoms with Gasteiger partial charge in [0.15, 0.2) is 0 Å². The zero-order valence-electron chi connectivity index (χ0n) is 11.0. The maximum absolute atomic E-state index is 12.0. The molecule has 3 aliphatic rings. The predicted octanol–water partition coefficient (Wildman–Crippen LogP) is -0.502. The second kappa shape index (κ2) is 5.09. The Bertz CT molecular complexity index is 387. The van der Waals surface area contributed by atoms with Crippen LogP contribution in [0.1, 0.15) is 25.7 Å². The van der Waals surface area contributed by atoms with Crippen molar-refractivity contribution in [3.05, 3.63) is 0 Å².